The molecule has 0 radical (unpaired) electrons. The molecule has 0 aromatic carbocycles. The smallest absolute Gasteiger partial charge is 0.0616 e. The molecule has 1 fully saturated rings. The average molecular weight is 143 g/mol. The van der Waals surface area contributed by atoms with Gasteiger partial charge in [0.1, 0.15) is 0 Å². The zero-order chi connectivity index (χ0) is 7.56. The van der Waals surface area contributed by atoms with E-state index in [1.165, 1.54) is 12.8 Å². The van der Waals surface area contributed by atoms with Crippen LogP contribution in [0.5, 0.6) is 0 Å². The van der Waals surface area contributed by atoms with Crippen molar-refractivity contribution in [1.29, 1.82) is 0 Å². The van der Waals surface area contributed by atoms with Gasteiger partial charge in [0.2, 0.25) is 0 Å². The molecule has 0 aromatic heterocycles. The number of hydrogen-bond donors (Lipinski definition) is 1. The summed E-state index contributed by atoms with van der Waals surface area (Å²) in [6, 6.07) is 0.248. The Morgan fingerprint density at radius 3 is 2.60 bits per heavy atom. The van der Waals surface area contributed by atoms with Gasteiger partial charge in [-0.15, -0.1) is 0 Å². The van der Waals surface area contributed by atoms with Crippen LogP contribution in [-0.4, -0.2) is 19.8 Å². The van der Waals surface area contributed by atoms with Crippen molar-refractivity contribution in [2.75, 3.05) is 13.7 Å². The minimum Gasteiger partial charge on any atom is -0.383 e. The van der Waals surface area contributed by atoms with Gasteiger partial charge in [-0.1, -0.05) is 6.92 Å². The van der Waals surface area contributed by atoms with Gasteiger partial charge in [0, 0.05) is 13.2 Å². The SMILES string of the molecule is COCC(N)C(C)C1CC1. The monoisotopic (exact) mass is 143 g/mol. The van der Waals surface area contributed by atoms with Crippen LogP contribution in [0.1, 0.15) is 19.8 Å². The summed E-state index contributed by atoms with van der Waals surface area (Å²) in [6.45, 7) is 2.93. The zero-order valence-electron chi connectivity index (χ0n) is 6.84. The summed E-state index contributed by atoms with van der Waals surface area (Å²) in [5.74, 6) is 1.55. The van der Waals surface area contributed by atoms with E-state index in [0.717, 1.165) is 5.92 Å². The molecular weight excluding hydrogens is 126 g/mol. The van der Waals surface area contributed by atoms with Gasteiger partial charge in [0.25, 0.3) is 0 Å². The van der Waals surface area contributed by atoms with Crippen LogP contribution in [0.2, 0.25) is 0 Å². The van der Waals surface area contributed by atoms with Gasteiger partial charge in [-0.2, -0.15) is 0 Å². The molecule has 1 saturated carbocycles. The highest BCUT2D eigenvalue weighted by molar-refractivity contribution is 4.84. The molecule has 2 heteroatoms. The normalized spacial score (nSPS) is 24.3. The predicted octanol–water partition coefficient (Wildman–Crippen LogP) is 1.01. The molecule has 0 bridgehead atoms. The molecule has 2 atom stereocenters. The van der Waals surface area contributed by atoms with Crippen LogP contribution in [0.4, 0.5) is 0 Å². The highest BCUT2D eigenvalue weighted by Gasteiger charge is 2.31. The Morgan fingerprint density at radius 1 is 1.60 bits per heavy atom. The molecule has 60 valence electrons. The number of methoxy groups -OCH3 is 1. The highest BCUT2D eigenvalue weighted by atomic mass is 16.5. The van der Waals surface area contributed by atoms with Gasteiger partial charge in [0.05, 0.1) is 6.61 Å². The fourth-order valence-corrected chi connectivity index (χ4v) is 1.32. The Morgan fingerprint density at radius 2 is 2.20 bits per heavy atom. The second-order valence-electron chi connectivity index (χ2n) is 3.32. The molecule has 0 saturated heterocycles. The first-order valence-electron chi connectivity index (χ1n) is 4.00. The molecule has 0 aliphatic heterocycles. The lowest BCUT2D eigenvalue weighted by Gasteiger charge is -2.17. The fourth-order valence-electron chi connectivity index (χ4n) is 1.32. The van der Waals surface area contributed by atoms with E-state index in [1.54, 1.807) is 7.11 Å². The number of ether oxygens (including phenoxy) is 1. The predicted molar refractivity (Wildman–Crippen MR) is 41.7 cm³/mol. The maximum absolute atomic E-state index is 5.84. The van der Waals surface area contributed by atoms with Crippen LogP contribution in [0.15, 0.2) is 0 Å². The lowest BCUT2D eigenvalue weighted by atomic mass is 9.98. The second kappa shape index (κ2) is 3.35. The third-order valence-corrected chi connectivity index (χ3v) is 2.40. The molecule has 0 heterocycles. The number of nitrogens with two attached hydrogens (primary N) is 1. The van der Waals surface area contributed by atoms with Crippen molar-refractivity contribution in [2.45, 2.75) is 25.8 Å². The van der Waals surface area contributed by atoms with Crippen molar-refractivity contribution in [3.63, 3.8) is 0 Å². The van der Waals surface area contributed by atoms with Crippen molar-refractivity contribution in [1.82, 2.24) is 0 Å². The Bertz CT molecular complexity index is 101. The van der Waals surface area contributed by atoms with Gasteiger partial charge in [-0.05, 0) is 24.7 Å². The topological polar surface area (TPSA) is 35.2 Å². The van der Waals surface area contributed by atoms with E-state index >= 15 is 0 Å². The van der Waals surface area contributed by atoms with Crippen molar-refractivity contribution in [3.05, 3.63) is 0 Å². The zero-order valence-corrected chi connectivity index (χ0v) is 6.84. The molecule has 1 aliphatic rings. The lowest BCUT2D eigenvalue weighted by molar-refractivity contribution is 0.155. The third-order valence-electron chi connectivity index (χ3n) is 2.40. The van der Waals surface area contributed by atoms with Gasteiger partial charge in [0.15, 0.2) is 0 Å². The molecule has 2 nitrogen and oxygen atoms in total. The average Bonchev–Trinajstić information content (AvgIpc) is 2.68. The van der Waals surface area contributed by atoms with E-state index in [-0.39, 0.29) is 6.04 Å². The van der Waals surface area contributed by atoms with Crippen molar-refractivity contribution < 1.29 is 4.74 Å². The summed E-state index contributed by atoms with van der Waals surface area (Å²) in [7, 11) is 1.71. The van der Waals surface area contributed by atoms with Crippen LogP contribution in [0, 0.1) is 11.8 Å². The summed E-state index contributed by atoms with van der Waals surface area (Å²) in [6.07, 6.45) is 2.75. The Hall–Kier alpha value is -0.0800. The Kier molecular flexibility index (Phi) is 2.69. The van der Waals surface area contributed by atoms with Crippen LogP contribution in [0.3, 0.4) is 0 Å². The molecule has 0 amide bonds. The Labute approximate surface area is 62.7 Å². The van der Waals surface area contributed by atoms with E-state index in [4.69, 9.17) is 10.5 Å². The molecule has 2 N–H and O–H groups in total. The lowest BCUT2D eigenvalue weighted by Crippen LogP contribution is -2.33. The second-order valence-corrected chi connectivity index (χ2v) is 3.32. The first-order chi connectivity index (χ1) is 4.75. The quantitative estimate of drug-likeness (QED) is 0.637. The van der Waals surface area contributed by atoms with Gasteiger partial charge >= 0.3 is 0 Å². The fraction of sp³-hybridized carbons (Fsp3) is 1.00. The van der Waals surface area contributed by atoms with Crippen molar-refractivity contribution >= 4 is 0 Å². The maximum atomic E-state index is 5.84. The number of rotatable bonds is 4. The van der Waals surface area contributed by atoms with Crippen LogP contribution >= 0.6 is 0 Å². The molecule has 1 aliphatic carbocycles. The van der Waals surface area contributed by atoms with E-state index in [2.05, 4.69) is 6.92 Å². The Balaban J connectivity index is 2.17. The van der Waals surface area contributed by atoms with E-state index in [1.807, 2.05) is 0 Å². The van der Waals surface area contributed by atoms with Crippen molar-refractivity contribution in [2.24, 2.45) is 17.6 Å². The van der Waals surface area contributed by atoms with Crippen molar-refractivity contribution in [3.8, 4) is 0 Å². The largest absolute Gasteiger partial charge is 0.383 e. The van der Waals surface area contributed by atoms with Gasteiger partial charge in [-0.25, -0.2) is 0 Å². The minimum atomic E-state index is 0.248. The van der Waals surface area contributed by atoms with Gasteiger partial charge in [-0.3, -0.25) is 0 Å². The standard InChI is InChI=1S/C8H17NO/c1-6(7-3-4-7)8(9)5-10-2/h6-8H,3-5,9H2,1-2H3. The number of hydrogen-bond acceptors (Lipinski definition) is 2. The summed E-state index contributed by atoms with van der Waals surface area (Å²) >= 11 is 0. The summed E-state index contributed by atoms with van der Waals surface area (Å²) in [4.78, 5) is 0. The molecule has 1 rings (SSSR count). The summed E-state index contributed by atoms with van der Waals surface area (Å²) in [5, 5.41) is 0. The summed E-state index contributed by atoms with van der Waals surface area (Å²) in [5.41, 5.74) is 5.84. The summed E-state index contributed by atoms with van der Waals surface area (Å²) < 4.78 is 4.98. The minimum absolute atomic E-state index is 0.248. The first kappa shape index (κ1) is 8.02. The van der Waals surface area contributed by atoms with Gasteiger partial charge < -0.3 is 10.5 Å². The van der Waals surface area contributed by atoms with E-state index in [0.29, 0.717) is 12.5 Å². The maximum Gasteiger partial charge on any atom is 0.0616 e. The molecule has 10 heavy (non-hydrogen) atoms. The third kappa shape index (κ3) is 1.96. The molecule has 0 spiro atoms. The molecule has 2 unspecified atom stereocenters. The first-order valence-corrected chi connectivity index (χ1v) is 4.00. The van der Waals surface area contributed by atoms with Crippen LogP contribution in [0.25, 0.3) is 0 Å². The molecular formula is C8H17NO. The molecule has 0 aromatic rings. The van der Waals surface area contributed by atoms with E-state index < -0.39 is 0 Å². The highest BCUT2D eigenvalue weighted by Crippen LogP contribution is 2.37. The van der Waals surface area contributed by atoms with E-state index in [9.17, 15) is 0 Å². The van der Waals surface area contributed by atoms with Crippen LogP contribution < -0.4 is 5.73 Å². The van der Waals surface area contributed by atoms with Crippen LogP contribution in [-0.2, 0) is 4.74 Å².